The fourth-order valence-corrected chi connectivity index (χ4v) is 1.33. The van der Waals surface area contributed by atoms with Gasteiger partial charge >= 0.3 is 0 Å². The predicted octanol–water partition coefficient (Wildman–Crippen LogP) is -1.14. The van der Waals surface area contributed by atoms with Crippen LogP contribution in [-0.2, 0) is 14.4 Å². The first-order valence-corrected chi connectivity index (χ1v) is 5.36. The highest BCUT2D eigenvalue weighted by Gasteiger charge is 2.25. The lowest BCUT2D eigenvalue weighted by atomic mass is 10.2. The summed E-state index contributed by atoms with van der Waals surface area (Å²) in [6.07, 6.45) is 0.923. The fourth-order valence-electron chi connectivity index (χ4n) is 1.33. The number of carbonyl (C=O) groups is 3. The lowest BCUT2D eigenvalue weighted by Gasteiger charge is -2.26. The summed E-state index contributed by atoms with van der Waals surface area (Å²) in [6.45, 7) is 4.08. The number of nitrogens with zero attached hydrogens (tertiary/aromatic N) is 1. The number of carbonyl (C=O) groups excluding carboxylic acids is 3. The largest absolute Gasteiger partial charge is 0.323 e. The lowest BCUT2D eigenvalue weighted by molar-refractivity contribution is -0.144. The smallest absolute Gasteiger partial charge is 0.246 e. The Kier molecular flexibility index (Phi) is 4.42. The van der Waals surface area contributed by atoms with E-state index in [9.17, 15) is 14.4 Å². The molecule has 1 fully saturated rings. The summed E-state index contributed by atoms with van der Waals surface area (Å²) in [6, 6.07) is 0.248. The van der Waals surface area contributed by atoms with Crippen LogP contribution in [0.3, 0.4) is 0 Å². The van der Waals surface area contributed by atoms with Crippen molar-refractivity contribution < 1.29 is 14.4 Å². The SMILES string of the molecule is CCC(C)NCC(=O)N1CC(=O)NC(=O)C1. The van der Waals surface area contributed by atoms with Crippen molar-refractivity contribution in [3.63, 3.8) is 0 Å². The normalized spacial score (nSPS) is 18.2. The Balaban J connectivity index is 2.41. The van der Waals surface area contributed by atoms with E-state index in [1.54, 1.807) is 0 Å². The maximum Gasteiger partial charge on any atom is 0.246 e. The van der Waals surface area contributed by atoms with E-state index in [1.807, 2.05) is 13.8 Å². The monoisotopic (exact) mass is 227 g/mol. The van der Waals surface area contributed by atoms with Crippen LogP contribution >= 0.6 is 0 Å². The second-order valence-electron chi connectivity index (χ2n) is 3.91. The summed E-state index contributed by atoms with van der Waals surface area (Å²) < 4.78 is 0. The number of amides is 3. The Morgan fingerprint density at radius 3 is 2.50 bits per heavy atom. The Bertz CT molecular complexity index is 288. The first-order chi connectivity index (χ1) is 7.52. The van der Waals surface area contributed by atoms with Gasteiger partial charge < -0.3 is 10.2 Å². The molecule has 1 heterocycles. The van der Waals surface area contributed by atoms with Crippen molar-refractivity contribution in [1.29, 1.82) is 0 Å². The van der Waals surface area contributed by atoms with Crippen LogP contribution in [0.1, 0.15) is 20.3 Å². The van der Waals surface area contributed by atoms with Crippen LogP contribution in [0.4, 0.5) is 0 Å². The van der Waals surface area contributed by atoms with Crippen LogP contribution in [0, 0.1) is 0 Å². The molecule has 90 valence electrons. The van der Waals surface area contributed by atoms with E-state index in [0.29, 0.717) is 0 Å². The molecular formula is C10H17N3O3. The zero-order valence-electron chi connectivity index (χ0n) is 9.58. The maximum atomic E-state index is 11.6. The van der Waals surface area contributed by atoms with Gasteiger partial charge in [-0.05, 0) is 13.3 Å². The van der Waals surface area contributed by atoms with Crippen molar-refractivity contribution in [2.24, 2.45) is 0 Å². The lowest BCUT2D eigenvalue weighted by Crippen LogP contribution is -2.55. The summed E-state index contributed by atoms with van der Waals surface area (Å²) in [4.78, 5) is 35.0. The van der Waals surface area contributed by atoms with E-state index < -0.39 is 11.8 Å². The Hall–Kier alpha value is -1.43. The van der Waals surface area contributed by atoms with E-state index >= 15 is 0 Å². The number of piperazine rings is 1. The van der Waals surface area contributed by atoms with Crippen LogP contribution < -0.4 is 10.6 Å². The topological polar surface area (TPSA) is 78.5 Å². The van der Waals surface area contributed by atoms with Crippen LogP contribution in [0.2, 0.25) is 0 Å². The van der Waals surface area contributed by atoms with E-state index in [-0.39, 0.29) is 31.6 Å². The summed E-state index contributed by atoms with van der Waals surface area (Å²) in [5.74, 6) is -1.07. The molecule has 0 aromatic heterocycles. The minimum atomic E-state index is -0.423. The molecule has 0 aliphatic carbocycles. The Morgan fingerprint density at radius 1 is 1.44 bits per heavy atom. The number of imide groups is 1. The van der Waals surface area contributed by atoms with E-state index in [0.717, 1.165) is 6.42 Å². The number of hydrogen-bond donors (Lipinski definition) is 2. The maximum absolute atomic E-state index is 11.6. The highest BCUT2D eigenvalue weighted by molar-refractivity contribution is 6.02. The summed E-state index contributed by atoms with van der Waals surface area (Å²) in [5, 5.41) is 5.17. The van der Waals surface area contributed by atoms with Gasteiger partial charge in [-0.3, -0.25) is 19.7 Å². The average molecular weight is 227 g/mol. The van der Waals surface area contributed by atoms with Crippen molar-refractivity contribution in [2.75, 3.05) is 19.6 Å². The molecule has 1 aliphatic rings. The third-order valence-corrected chi connectivity index (χ3v) is 2.51. The molecule has 2 N–H and O–H groups in total. The van der Waals surface area contributed by atoms with Crippen molar-refractivity contribution in [3.05, 3.63) is 0 Å². The quantitative estimate of drug-likeness (QED) is 0.595. The van der Waals surface area contributed by atoms with Crippen molar-refractivity contribution in [2.45, 2.75) is 26.3 Å². The van der Waals surface area contributed by atoms with Gasteiger partial charge in [0.15, 0.2) is 0 Å². The number of rotatable bonds is 4. The summed E-state index contributed by atoms with van der Waals surface area (Å²) in [5.41, 5.74) is 0. The second kappa shape index (κ2) is 5.60. The molecule has 0 aromatic rings. The highest BCUT2D eigenvalue weighted by atomic mass is 16.2. The van der Waals surface area contributed by atoms with Gasteiger partial charge in [-0.1, -0.05) is 6.92 Å². The average Bonchev–Trinajstić information content (AvgIpc) is 2.23. The van der Waals surface area contributed by atoms with Gasteiger partial charge in [0.1, 0.15) is 13.1 Å². The molecule has 1 unspecified atom stereocenters. The van der Waals surface area contributed by atoms with Gasteiger partial charge in [-0.15, -0.1) is 0 Å². The molecule has 0 bridgehead atoms. The predicted molar refractivity (Wildman–Crippen MR) is 57.5 cm³/mol. The highest BCUT2D eigenvalue weighted by Crippen LogP contribution is 1.96. The molecule has 6 heteroatoms. The van der Waals surface area contributed by atoms with Gasteiger partial charge in [-0.2, -0.15) is 0 Å². The third-order valence-electron chi connectivity index (χ3n) is 2.51. The van der Waals surface area contributed by atoms with Crippen LogP contribution in [0.15, 0.2) is 0 Å². The molecule has 1 aliphatic heterocycles. The molecule has 1 saturated heterocycles. The Labute approximate surface area is 94.4 Å². The van der Waals surface area contributed by atoms with Gasteiger partial charge in [0, 0.05) is 6.04 Å². The van der Waals surface area contributed by atoms with E-state index in [1.165, 1.54) is 4.90 Å². The van der Waals surface area contributed by atoms with Gasteiger partial charge in [0.2, 0.25) is 17.7 Å². The minimum Gasteiger partial charge on any atom is -0.323 e. The van der Waals surface area contributed by atoms with E-state index in [4.69, 9.17) is 0 Å². The number of hydrogen-bond acceptors (Lipinski definition) is 4. The van der Waals surface area contributed by atoms with Gasteiger partial charge in [-0.25, -0.2) is 0 Å². The molecule has 1 rings (SSSR count). The number of nitrogens with one attached hydrogen (secondary N) is 2. The zero-order valence-corrected chi connectivity index (χ0v) is 9.58. The van der Waals surface area contributed by atoms with Crippen LogP contribution in [0.25, 0.3) is 0 Å². The Morgan fingerprint density at radius 2 is 2.00 bits per heavy atom. The molecule has 0 spiro atoms. The van der Waals surface area contributed by atoms with Crippen LogP contribution in [-0.4, -0.2) is 48.3 Å². The zero-order chi connectivity index (χ0) is 12.1. The fraction of sp³-hybridized carbons (Fsp3) is 0.700. The van der Waals surface area contributed by atoms with Crippen molar-refractivity contribution in [3.8, 4) is 0 Å². The molecular weight excluding hydrogens is 210 g/mol. The van der Waals surface area contributed by atoms with E-state index in [2.05, 4.69) is 10.6 Å². The standard InChI is InChI=1S/C10H17N3O3/c1-3-7(2)11-4-10(16)13-5-8(14)12-9(15)6-13/h7,11H,3-6H2,1-2H3,(H,12,14,15). The molecule has 6 nitrogen and oxygen atoms in total. The summed E-state index contributed by atoms with van der Waals surface area (Å²) in [7, 11) is 0. The second-order valence-corrected chi connectivity index (χ2v) is 3.91. The molecule has 3 amide bonds. The molecule has 16 heavy (non-hydrogen) atoms. The van der Waals surface area contributed by atoms with Gasteiger partial charge in [0.05, 0.1) is 6.54 Å². The molecule has 0 radical (unpaired) electrons. The van der Waals surface area contributed by atoms with Gasteiger partial charge in [0.25, 0.3) is 0 Å². The van der Waals surface area contributed by atoms with Crippen molar-refractivity contribution in [1.82, 2.24) is 15.5 Å². The first kappa shape index (κ1) is 12.6. The first-order valence-electron chi connectivity index (χ1n) is 5.36. The minimum absolute atomic E-state index is 0.0350. The van der Waals surface area contributed by atoms with Crippen molar-refractivity contribution >= 4 is 17.7 Å². The third kappa shape index (κ3) is 3.62. The van der Waals surface area contributed by atoms with Crippen LogP contribution in [0.5, 0.6) is 0 Å². The molecule has 0 aromatic carbocycles. The molecule has 0 saturated carbocycles. The summed E-state index contributed by atoms with van der Waals surface area (Å²) >= 11 is 0. The molecule has 1 atom stereocenters.